The molecule has 138 valence electrons. The van der Waals surface area contributed by atoms with Gasteiger partial charge in [0.05, 0.1) is 25.1 Å². The highest BCUT2D eigenvalue weighted by molar-refractivity contribution is 6.08. The lowest BCUT2D eigenvalue weighted by Gasteiger charge is -2.28. The predicted molar refractivity (Wildman–Crippen MR) is 102 cm³/mol. The standard InChI is InChI=1S/C20H20N4O3/c1-14-18(19(23-27-14)15-5-3-2-4-6-15)20(25)22-17-8-7-16(13-21-17)24-9-11-26-12-10-24/h2-8,13H,9-12H2,1H3,(H,21,22,25). The number of anilines is 2. The summed E-state index contributed by atoms with van der Waals surface area (Å²) in [5.74, 6) is 0.659. The number of amides is 1. The van der Waals surface area contributed by atoms with Crippen LogP contribution in [-0.4, -0.2) is 42.4 Å². The summed E-state index contributed by atoms with van der Waals surface area (Å²) in [7, 11) is 0. The molecule has 27 heavy (non-hydrogen) atoms. The van der Waals surface area contributed by atoms with Crippen LogP contribution in [0.3, 0.4) is 0 Å². The minimum atomic E-state index is -0.292. The number of morpholine rings is 1. The lowest BCUT2D eigenvalue weighted by atomic mass is 10.1. The van der Waals surface area contributed by atoms with Crippen LogP contribution in [0.1, 0.15) is 16.1 Å². The molecule has 0 atom stereocenters. The maximum Gasteiger partial charge on any atom is 0.262 e. The van der Waals surface area contributed by atoms with E-state index in [-0.39, 0.29) is 5.91 Å². The summed E-state index contributed by atoms with van der Waals surface area (Å²) in [6, 6.07) is 13.2. The molecular weight excluding hydrogens is 344 g/mol. The van der Waals surface area contributed by atoms with E-state index in [0.717, 1.165) is 24.3 Å². The first-order chi connectivity index (χ1) is 13.2. The molecule has 1 N–H and O–H groups in total. The van der Waals surface area contributed by atoms with Gasteiger partial charge in [-0.15, -0.1) is 0 Å². The van der Waals surface area contributed by atoms with E-state index in [1.54, 1.807) is 19.2 Å². The smallest absolute Gasteiger partial charge is 0.262 e. The highest BCUT2D eigenvalue weighted by Gasteiger charge is 2.22. The molecule has 2 aromatic heterocycles. The molecular formula is C20H20N4O3. The zero-order chi connectivity index (χ0) is 18.6. The monoisotopic (exact) mass is 364 g/mol. The van der Waals surface area contributed by atoms with Gasteiger partial charge < -0.3 is 19.5 Å². The van der Waals surface area contributed by atoms with Gasteiger partial charge in [0.15, 0.2) is 0 Å². The zero-order valence-corrected chi connectivity index (χ0v) is 15.0. The molecule has 0 bridgehead atoms. The number of rotatable bonds is 4. The van der Waals surface area contributed by atoms with Crippen molar-refractivity contribution in [1.29, 1.82) is 0 Å². The minimum absolute atomic E-state index is 0.292. The summed E-state index contributed by atoms with van der Waals surface area (Å²) < 4.78 is 10.6. The second-order valence-corrected chi connectivity index (χ2v) is 6.28. The Morgan fingerprint density at radius 2 is 1.89 bits per heavy atom. The molecule has 1 saturated heterocycles. The number of pyridine rings is 1. The predicted octanol–water partition coefficient (Wildman–Crippen LogP) is 3.13. The summed E-state index contributed by atoms with van der Waals surface area (Å²) in [6.07, 6.45) is 1.76. The van der Waals surface area contributed by atoms with E-state index in [4.69, 9.17) is 9.26 Å². The molecule has 1 amide bonds. The molecule has 1 aromatic carbocycles. The summed E-state index contributed by atoms with van der Waals surface area (Å²) >= 11 is 0. The van der Waals surface area contributed by atoms with Crippen LogP contribution in [0.5, 0.6) is 0 Å². The SMILES string of the molecule is Cc1onc(-c2ccccc2)c1C(=O)Nc1ccc(N2CCOCC2)cn1. The van der Waals surface area contributed by atoms with Gasteiger partial charge in [-0.2, -0.15) is 0 Å². The van der Waals surface area contributed by atoms with Gasteiger partial charge in [0.25, 0.3) is 5.91 Å². The molecule has 1 aliphatic rings. The lowest BCUT2D eigenvalue weighted by molar-refractivity contribution is 0.102. The fourth-order valence-electron chi connectivity index (χ4n) is 3.08. The van der Waals surface area contributed by atoms with Crippen LogP contribution < -0.4 is 10.2 Å². The van der Waals surface area contributed by atoms with E-state index >= 15 is 0 Å². The Labute approximate surface area is 156 Å². The van der Waals surface area contributed by atoms with Crippen LogP contribution in [0, 0.1) is 6.92 Å². The number of carbonyl (C=O) groups is 1. The van der Waals surface area contributed by atoms with E-state index in [9.17, 15) is 4.79 Å². The molecule has 0 aliphatic carbocycles. The van der Waals surface area contributed by atoms with Crippen LogP contribution in [0.2, 0.25) is 0 Å². The van der Waals surface area contributed by atoms with Crippen LogP contribution in [-0.2, 0) is 4.74 Å². The third-order valence-electron chi connectivity index (χ3n) is 4.50. The fraction of sp³-hybridized carbons (Fsp3) is 0.250. The van der Waals surface area contributed by atoms with E-state index in [1.165, 1.54) is 0 Å². The van der Waals surface area contributed by atoms with Crippen LogP contribution >= 0.6 is 0 Å². The van der Waals surface area contributed by atoms with Crippen molar-refractivity contribution in [1.82, 2.24) is 10.1 Å². The first-order valence-electron chi connectivity index (χ1n) is 8.84. The van der Waals surface area contributed by atoms with E-state index in [0.29, 0.717) is 36.0 Å². The number of aromatic nitrogens is 2. The van der Waals surface area contributed by atoms with Gasteiger partial charge in [0, 0.05) is 18.7 Å². The number of ether oxygens (including phenoxy) is 1. The number of aryl methyl sites for hydroxylation is 1. The van der Waals surface area contributed by atoms with Gasteiger partial charge in [-0.25, -0.2) is 4.98 Å². The van der Waals surface area contributed by atoms with Gasteiger partial charge in [0.1, 0.15) is 22.8 Å². The third-order valence-corrected chi connectivity index (χ3v) is 4.50. The highest BCUT2D eigenvalue weighted by Crippen LogP contribution is 2.26. The summed E-state index contributed by atoms with van der Waals surface area (Å²) in [5, 5.41) is 6.88. The van der Waals surface area contributed by atoms with Crippen molar-refractivity contribution in [2.45, 2.75) is 6.92 Å². The number of nitrogens with one attached hydrogen (secondary N) is 1. The second-order valence-electron chi connectivity index (χ2n) is 6.28. The van der Waals surface area contributed by atoms with Gasteiger partial charge >= 0.3 is 0 Å². The molecule has 1 fully saturated rings. The number of benzene rings is 1. The van der Waals surface area contributed by atoms with Crippen molar-refractivity contribution < 1.29 is 14.1 Å². The molecule has 0 radical (unpaired) electrons. The number of hydrogen-bond acceptors (Lipinski definition) is 6. The molecule has 3 aromatic rings. The van der Waals surface area contributed by atoms with Crippen molar-refractivity contribution in [3.8, 4) is 11.3 Å². The molecule has 0 saturated carbocycles. The van der Waals surface area contributed by atoms with E-state index in [2.05, 4.69) is 20.4 Å². The maximum atomic E-state index is 12.8. The number of nitrogens with zero attached hydrogens (tertiary/aromatic N) is 3. The van der Waals surface area contributed by atoms with Crippen molar-refractivity contribution >= 4 is 17.4 Å². The molecule has 7 nitrogen and oxygen atoms in total. The summed E-state index contributed by atoms with van der Waals surface area (Å²) in [4.78, 5) is 19.4. The molecule has 0 spiro atoms. The summed E-state index contributed by atoms with van der Waals surface area (Å²) in [5.41, 5.74) is 2.79. The Balaban J connectivity index is 1.52. The third kappa shape index (κ3) is 3.68. The number of carbonyl (C=O) groups excluding carboxylic acids is 1. The average Bonchev–Trinajstić information content (AvgIpc) is 3.11. The topological polar surface area (TPSA) is 80.5 Å². The van der Waals surface area contributed by atoms with Crippen molar-refractivity contribution in [3.63, 3.8) is 0 Å². The normalized spacial score (nSPS) is 14.2. The second kappa shape index (κ2) is 7.59. The Morgan fingerprint density at radius 1 is 1.11 bits per heavy atom. The molecule has 0 unspecified atom stereocenters. The summed E-state index contributed by atoms with van der Waals surface area (Å²) in [6.45, 7) is 4.84. The Hall–Kier alpha value is -3.19. The van der Waals surface area contributed by atoms with Crippen molar-refractivity contribution in [3.05, 3.63) is 60.0 Å². The molecule has 4 rings (SSSR count). The van der Waals surface area contributed by atoms with Gasteiger partial charge in [-0.05, 0) is 19.1 Å². The van der Waals surface area contributed by atoms with Crippen LogP contribution in [0.4, 0.5) is 11.5 Å². The first-order valence-corrected chi connectivity index (χ1v) is 8.84. The van der Waals surface area contributed by atoms with Crippen molar-refractivity contribution in [2.75, 3.05) is 36.5 Å². The average molecular weight is 364 g/mol. The Kier molecular flexibility index (Phi) is 4.84. The zero-order valence-electron chi connectivity index (χ0n) is 15.0. The number of hydrogen-bond donors (Lipinski definition) is 1. The highest BCUT2D eigenvalue weighted by atomic mass is 16.5. The molecule has 3 heterocycles. The van der Waals surface area contributed by atoms with Gasteiger partial charge in [0.2, 0.25) is 0 Å². The molecule has 7 heteroatoms. The van der Waals surface area contributed by atoms with Gasteiger partial charge in [-0.1, -0.05) is 35.5 Å². The van der Waals surface area contributed by atoms with Crippen LogP contribution in [0.25, 0.3) is 11.3 Å². The fourth-order valence-corrected chi connectivity index (χ4v) is 3.08. The molecule has 1 aliphatic heterocycles. The quantitative estimate of drug-likeness (QED) is 0.766. The van der Waals surface area contributed by atoms with Crippen LogP contribution in [0.15, 0.2) is 53.2 Å². The van der Waals surface area contributed by atoms with Gasteiger partial charge in [-0.3, -0.25) is 4.79 Å². The van der Waals surface area contributed by atoms with E-state index < -0.39 is 0 Å². The Bertz CT molecular complexity index is 916. The van der Waals surface area contributed by atoms with E-state index in [1.807, 2.05) is 36.4 Å². The first kappa shape index (κ1) is 17.2. The largest absolute Gasteiger partial charge is 0.378 e. The van der Waals surface area contributed by atoms with Crippen molar-refractivity contribution in [2.24, 2.45) is 0 Å². The lowest BCUT2D eigenvalue weighted by Crippen LogP contribution is -2.36. The minimum Gasteiger partial charge on any atom is -0.378 e. The Morgan fingerprint density at radius 3 is 2.59 bits per heavy atom. The maximum absolute atomic E-state index is 12.8.